The molecule has 160 valence electrons. The summed E-state index contributed by atoms with van der Waals surface area (Å²) in [5, 5.41) is 12.9. The Bertz CT molecular complexity index is 958. The zero-order valence-electron chi connectivity index (χ0n) is 15.8. The Labute approximate surface area is 184 Å². The lowest BCUT2D eigenvalue weighted by atomic mass is 9.99. The van der Waals surface area contributed by atoms with Crippen molar-refractivity contribution < 1.29 is 27.9 Å². The molecular formula is C20H19F3IN3O3. The summed E-state index contributed by atoms with van der Waals surface area (Å²) >= 11 is 2.32. The summed E-state index contributed by atoms with van der Waals surface area (Å²) in [6.45, 7) is 0.655. The third-order valence-electron chi connectivity index (χ3n) is 5.59. The highest BCUT2D eigenvalue weighted by Gasteiger charge is 2.43. The lowest BCUT2D eigenvalue weighted by Gasteiger charge is -2.44. The number of halogens is 4. The highest BCUT2D eigenvalue weighted by Crippen LogP contribution is 2.36. The van der Waals surface area contributed by atoms with Crippen LogP contribution in [0.5, 0.6) is 0 Å². The number of aliphatic hydroxyl groups excluding tert-OH is 1. The van der Waals surface area contributed by atoms with Crippen LogP contribution in [0.25, 0.3) is 0 Å². The maximum absolute atomic E-state index is 13.8. The van der Waals surface area contributed by atoms with Gasteiger partial charge in [0.15, 0.2) is 0 Å². The van der Waals surface area contributed by atoms with Gasteiger partial charge in [-0.15, -0.1) is 0 Å². The maximum atomic E-state index is 13.8. The summed E-state index contributed by atoms with van der Waals surface area (Å²) in [6.07, 6.45) is 3.14. The van der Waals surface area contributed by atoms with Crippen molar-refractivity contribution in [2.24, 2.45) is 0 Å². The van der Waals surface area contributed by atoms with E-state index in [2.05, 4.69) is 27.9 Å². The summed E-state index contributed by atoms with van der Waals surface area (Å²) in [5.74, 6) is -4.32. The highest BCUT2D eigenvalue weighted by molar-refractivity contribution is 14.1. The zero-order chi connectivity index (χ0) is 21.6. The molecule has 4 rings (SSSR count). The van der Waals surface area contributed by atoms with Crippen LogP contribution in [0.1, 0.15) is 24.8 Å². The van der Waals surface area contributed by atoms with E-state index >= 15 is 0 Å². The van der Waals surface area contributed by atoms with Crippen LogP contribution < -0.4 is 5.32 Å². The summed E-state index contributed by atoms with van der Waals surface area (Å²) in [4.78, 5) is 28.8. The molecule has 0 aromatic heterocycles. The van der Waals surface area contributed by atoms with Gasteiger partial charge in [0.1, 0.15) is 28.9 Å². The number of piperazine rings is 1. The Morgan fingerprint density at radius 3 is 2.67 bits per heavy atom. The van der Waals surface area contributed by atoms with E-state index in [9.17, 15) is 27.9 Å². The number of benzene rings is 1. The van der Waals surface area contributed by atoms with Crippen LogP contribution in [0.15, 0.2) is 35.4 Å². The van der Waals surface area contributed by atoms with Crippen LogP contribution in [-0.4, -0.2) is 49.8 Å². The molecule has 0 unspecified atom stereocenters. The van der Waals surface area contributed by atoms with Crippen LogP contribution >= 0.6 is 22.6 Å². The number of carbonyl (C=O) groups excluding carboxylic acids is 2. The number of allylic oxidation sites excluding steroid dienone is 1. The minimum atomic E-state index is -1.09. The molecule has 1 aromatic carbocycles. The second-order valence-electron chi connectivity index (χ2n) is 7.54. The molecule has 3 heterocycles. The second-order valence-corrected chi connectivity index (χ2v) is 9.14. The number of fused-ring (bicyclic) bond motifs is 4. The van der Waals surface area contributed by atoms with E-state index in [1.165, 1.54) is 0 Å². The van der Waals surface area contributed by atoms with E-state index in [1.54, 1.807) is 16.0 Å². The fraction of sp³-hybridized carbons (Fsp3) is 0.400. The predicted molar refractivity (Wildman–Crippen MR) is 110 cm³/mol. The molecule has 0 saturated carbocycles. The van der Waals surface area contributed by atoms with Gasteiger partial charge in [0.05, 0.1) is 6.04 Å². The second kappa shape index (κ2) is 8.12. The van der Waals surface area contributed by atoms with Crippen molar-refractivity contribution in [2.75, 3.05) is 13.1 Å². The van der Waals surface area contributed by atoms with Crippen molar-refractivity contribution in [3.63, 3.8) is 0 Å². The molecule has 0 spiro atoms. The fourth-order valence-electron chi connectivity index (χ4n) is 4.05. The van der Waals surface area contributed by atoms with Gasteiger partial charge in [0, 0.05) is 59.4 Å². The molecule has 2 N–H and O–H groups in total. The number of aliphatic hydroxyl groups is 1. The molecule has 0 aliphatic carbocycles. The quantitative estimate of drug-likeness (QED) is 0.464. The van der Waals surface area contributed by atoms with E-state index in [0.29, 0.717) is 25.2 Å². The van der Waals surface area contributed by atoms with Gasteiger partial charge in [0.25, 0.3) is 5.91 Å². The van der Waals surface area contributed by atoms with Crippen molar-refractivity contribution in [1.82, 2.24) is 15.1 Å². The van der Waals surface area contributed by atoms with Gasteiger partial charge in [-0.25, -0.2) is 13.2 Å². The van der Waals surface area contributed by atoms with Crippen molar-refractivity contribution >= 4 is 34.4 Å². The number of nitrogens with one attached hydrogen (secondary N) is 1. The maximum Gasteiger partial charge on any atom is 0.274 e. The van der Waals surface area contributed by atoms with Crippen LogP contribution in [0, 0.1) is 17.5 Å². The molecule has 0 radical (unpaired) electrons. The lowest BCUT2D eigenvalue weighted by molar-refractivity contribution is -0.132. The molecule has 10 heteroatoms. The molecule has 2 fully saturated rings. The first-order valence-corrected chi connectivity index (χ1v) is 10.8. The number of hydrogen-bond acceptors (Lipinski definition) is 4. The van der Waals surface area contributed by atoms with E-state index in [-0.39, 0.29) is 39.3 Å². The first kappa shape index (κ1) is 21.0. The minimum Gasteiger partial charge on any atom is -0.510 e. The molecule has 1 aromatic rings. The summed E-state index contributed by atoms with van der Waals surface area (Å²) in [6, 6.07) is 1.00. The molecule has 2 saturated heterocycles. The van der Waals surface area contributed by atoms with Crippen molar-refractivity contribution in [1.29, 1.82) is 0 Å². The number of hydrogen-bond donors (Lipinski definition) is 2. The number of rotatable bonds is 3. The van der Waals surface area contributed by atoms with E-state index < -0.39 is 35.5 Å². The zero-order valence-corrected chi connectivity index (χ0v) is 18.0. The van der Waals surface area contributed by atoms with Gasteiger partial charge in [-0.1, -0.05) is 22.6 Å². The first-order chi connectivity index (χ1) is 14.3. The topological polar surface area (TPSA) is 72.9 Å². The average molecular weight is 533 g/mol. The molecule has 2 amide bonds. The third-order valence-corrected chi connectivity index (χ3v) is 7.04. The van der Waals surface area contributed by atoms with Gasteiger partial charge in [-0.3, -0.25) is 9.59 Å². The Morgan fingerprint density at radius 1 is 1.27 bits per heavy atom. The third kappa shape index (κ3) is 3.77. The molecule has 2 atom stereocenters. The number of alkyl halides is 1. The van der Waals surface area contributed by atoms with Gasteiger partial charge >= 0.3 is 0 Å². The summed E-state index contributed by atoms with van der Waals surface area (Å²) in [5.41, 5.74) is -0.100. The van der Waals surface area contributed by atoms with Crippen LogP contribution in [-0.2, 0) is 16.1 Å². The van der Waals surface area contributed by atoms with E-state index in [4.69, 9.17) is 0 Å². The fourth-order valence-corrected chi connectivity index (χ4v) is 5.06. The van der Waals surface area contributed by atoms with Gasteiger partial charge in [-0.05, 0) is 12.8 Å². The standard InChI is InChI=1S/C20H19F3IN3O3/c21-11-5-13(22)12(14(23)6-11)7-25-19(29)10-4-17(28)18-20(30)26-3-1-2-15(24)16(9-26)27(18)8-10/h5-6,8,15-16,28H,1-4,7,9H2,(H,25,29)/t15-,16+/m0/s1. The van der Waals surface area contributed by atoms with Crippen molar-refractivity contribution in [2.45, 2.75) is 35.8 Å². The molecule has 3 aliphatic heterocycles. The summed E-state index contributed by atoms with van der Waals surface area (Å²) in [7, 11) is 0. The normalized spacial score (nSPS) is 23.7. The monoisotopic (exact) mass is 533 g/mol. The Kier molecular flexibility index (Phi) is 5.69. The van der Waals surface area contributed by atoms with E-state index in [1.807, 2.05) is 0 Å². The smallest absolute Gasteiger partial charge is 0.274 e. The van der Waals surface area contributed by atoms with Gasteiger partial charge in [-0.2, -0.15) is 0 Å². The first-order valence-electron chi connectivity index (χ1n) is 9.52. The summed E-state index contributed by atoms with van der Waals surface area (Å²) < 4.78 is 40.9. The molecule has 6 nitrogen and oxygen atoms in total. The van der Waals surface area contributed by atoms with Crippen LogP contribution in [0.2, 0.25) is 0 Å². The lowest BCUT2D eigenvalue weighted by Crippen LogP contribution is -2.55. The molecule has 30 heavy (non-hydrogen) atoms. The minimum absolute atomic E-state index is 0.0852. The van der Waals surface area contributed by atoms with E-state index in [0.717, 1.165) is 12.8 Å². The van der Waals surface area contributed by atoms with Gasteiger partial charge < -0.3 is 20.2 Å². The molecular weight excluding hydrogens is 514 g/mol. The Morgan fingerprint density at radius 2 is 1.97 bits per heavy atom. The Hall–Kier alpha value is -2.24. The average Bonchev–Trinajstić information content (AvgIpc) is 2.84. The SMILES string of the molecule is O=C(NCc1c(F)cc(F)cc1F)C1=CN2C(=C(O)C1)C(=O)N1CCC[C@H](I)[C@H]2C1. The predicted octanol–water partition coefficient (Wildman–Crippen LogP) is 2.89. The number of carbonyl (C=O) groups is 2. The van der Waals surface area contributed by atoms with Gasteiger partial charge in [0.2, 0.25) is 5.91 Å². The highest BCUT2D eigenvalue weighted by atomic mass is 127. The van der Waals surface area contributed by atoms with Crippen molar-refractivity contribution in [3.8, 4) is 0 Å². The number of nitrogens with zero attached hydrogens (tertiary/aromatic N) is 2. The van der Waals surface area contributed by atoms with Crippen LogP contribution in [0.4, 0.5) is 13.2 Å². The Balaban J connectivity index is 1.55. The largest absolute Gasteiger partial charge is 0.510 e. The van der Waals surface area contributed by atoms with Crippen LogP contribution in [0.3, 0.4) is 0 Å². The molecule has 3 aliphatic rings. The number of amides is 2. The molecule has 2 bridgehead atoms. The van der Waals surface area contributed by atoms with Crippen molar-refractivity contribution in [3.05, 3.63) is 58.4 Å².